The lowest BCUT2D eigenvalue weighted by Crippen LogP contribution is -2.21. The van der Waals surface area contributed by atoms with Crippen molar-refractivity contribution in [3.8, 4) is 0 Å². The van der Waals surface area contributed by atoms with E-state index in [-0.39, 0.29) is 0 Å². The maximum Gasteiger partial charge on any atom is 0.0931 e. The minimum Gasteiger partial charge on any atom is -0.378 e. The van der Waals surface area contributed by atoms with Gasteiger partial charge in [-0.25, -0.2) is 0 Å². The van der Waals surface area contributed by atoms with E-state index in [0.717, 1.165) is 17.5 Å². The summed E-state index contributed by atoms with van der Waals surface area (Å²) in [4.78, 5) is 1.37. The van der Waals surface area contributed by atoms with E-state index in [0.29, 0.717) is 12.1 Å². The summed E-state index contributed by atoms with van der Waals surface area (Å²) in [5, 5.41) is 3.64. The van der Waals surface area contributed by atoms with E-state index in [1.165, 1.54) is 43.4 Å². The minimum atomic E-state index is 0.457. The highest BCUT2D eigenvalue weighted by Crippen LogP contribution is 2.30. The Morgan fingerprint density at radius 2 is 2.42 bits per heavy atom. The molecule has 0 radical (unpaired) electrons. The SMILES string of the molecule is CCCNC(CCCC1CCCO1)c1ccc(Cl)s1. The zero-order valence-electron chi connectivity index (χ0n) is 11.7. The monoisotopic (exact) mass is 301 g/mol. The van der Waals surface area contributed by atoms with E-state index in [1.54, 1.807) is 11.3 Å². The Morgan fingerprint density at radius 1 is 1.53 bits per heavy atom. The summed E-state index contributed by atoms with van der Waals surface area (Å²) in [6, 6.07) is 4.62. The first-order chi connectivity index (χ1) is 9.29. The summed E-state index contributed by atoms with van der Waals surface area (Å²) in [6.45, 7) is 4.24. The van der Waals surface area contributed by atoms with Gasteiger partial charge in [-0.1, -0.05) is 18.5 Å². The van der Waals surface area contributed by atoms with Crippen LogP contribution in [0.15, 0.2) is 12.1 Å². The molecule has 2 atom stereocenters. The first-order valence-electron chi connectivity index (χ1n) is 7.40. The molecule has 1 aromatic rings. The molecular weight excluding hydrogens is 278 g/mol. The molecule has 19 heavy (non-hydrogen) atoms. The van der Waals surface area contributed by atoms with E-state index in [4.69, 9.17) is 16.3 Å². The Balaban J connectivity index is 1.79. The van der Waals surface area contributed by atoms with Crippen molar-refractivity contribution in [1.29, 1.82) is 0 Å². The molecule has 2 nitrogen and oxygen atoms in total. The molecule has 2 rings (SSSR count). The van der Waals surface area contributed by atoms with Crippen LogP contribution in [0.25, 0.3) is 0 Å². The molecule has 1 saturated heterocycles. The predicted octanol–water partition coefficient (Wildman–Crippen LogP) is 4.79. The molecule has 0 saturated carbocycles. The van der Waals surface area contributed by atoms with Crippen molar-refractivity contribution < 1.29 is 4.74 Å². The van der Waals surface area contributed by atoms with Gasteiger partial charge in [0, 0.05) is 17.5 Å². The van der Waals surface area contributed by atoms with Gasteiger partial charge in [-0.15, -0.1) is 11.3 Å². The molecule has 0 aliphatic carbocycles. The number of hydrogen-bond acceptors (Lipinski definition) is 3. The normalized spacial score (nSPS) is 20.8. The highest BCUT2D eigenvalue weighted by molar-refractivity contribution is 7.16. The summed E-state index contributed by atoms with van der Waals surface area (Å²) >= 11 is 7.75. The summed E-state index contributed by atoms with van der Waals surface area (Å²) in [7, 11) is 0. The predicted molar refractivity (Wildman–Crippen MR) is 83.2 cm³/mol. The van der Waals surface area contributed by atoms with Crippen molar-refractivity contribution >= 4 is 22.9 Å². The fourth-order valence-corrected chi connectivity index (χ4v) is 3.77. The fraction of sp³-hybridized carbons (Fsp3) is 0.733. The van der Waals surface area contributed by atoms with Gasteiger partial charge in [0.2, 0.25) is 0 Å². The smallest absolute Gasteiger partial charge is 0.0931 e. The average Bonchev–Trinajstić information content (AvgIpc) is 3.05. The second-order valence-electron chi connectivity index (χ2n) is 5.21. The van der Waals surface area contributed by atoms with Crippen molar-refractivity contribution in [2.45, 2.75) is 57.6 Å². The molecule has 4 heteroatoms. The Labute approximate surface area is 125 Å². The molecule has 1 aliphatic heterocycles. The van der Waals surface area contributed by atoms with Gasteiger partial charge in [0.25, 0.3) is 0 Å². The van der Waals surface area contributed by atoms with Crippen LogP contribution < -0.4 is 5.32 Å². The van der Waals surface area contributed by atoms with Crippen molar-refractivity contribution in [2.24, 2.45) is 0 Å². The van der Waals surface area contributed by atoms with E-state index in [2.05, 4.69) is 18.3 Å². The van der Waals surface area contributed by atoms with E-state index >= 15 is 0 Å². The molecule has 0 spiro atoms. The molecule has 1 fully saturated rings. The molecule has 2 unspecified atom stereocenters. The lowest BCUT2D eigenvalue weighted by Gasteiger charge is -2.18. The van der Waals surface area contributed by atoms with Crippen molar-refractivity contribution in [3.05, 3.63) is 21.3 Å². The first kappa shape index (κ1) is 15.3. The topological polar surface area (TPSA) is 21.3 Å². The van der Waals surface area contributed by atoms with Gasteiger partial charge >= 0.3 is 0 Å². The highest BCUT2D eigenvalue weighted by Gasteiger charge is 2.17. The van der Waals surface area contributed by atoms with Crippen LogP contribution in [0.3, 0.4) is 0 Å². The van der Waals surface area contributed by atoms with Crippen LogP contribution in [0.5, 0.6) is 0 Å². The highest BCUT2D eigenvalue weighted by atomic mass is 35.5. The third-order valence-electron chi connectivity index (χ3n) is 3.62. The Hall–Kier alpha value is -0.0900. The van der Waals surface area contributed by atoms with Crippen LogP contribution in [0.1, 0.15) is 56.4 Å². The van der Waals surface area contributed by atoms with Crippen molar-refractivity contribution in [2.75, 3.05) is 13.2 Å². The van der Waals surface area contributed by atoms with Gasteiger partial charge in [-0.2, -0.15) is 0 Å². The van der Waals surface area contributed by atoms with Gasteiger partial charge < -0.3 is 10.1 Å². The summed E-state index contributed by atoms with van der Waals surface area (Å²) in [5.74, 6) is 0. The van der Waals surface area contributed by atoms with Crippen molar-refractivity contribution in [3.63, 3.8) is 0 Å². The molecule has 0 bridgehead atoms. The fourth-order valence-electron chi connectivity index (χ4n) is 2.60. The molecule has 108 valence electrons. The maximum atomic E-state index is 6.05. The molecule has 1 aromatic heterocycles. The molecular formula is C15H24ClNOS. The second kappa shape index (κ2) is 8.25. The number of ether oxygens (including phenoxy) is 1. The number of thiophene rings is 1. The minimum absolute atomic E-state index is 0.457. The van der Waals surface area contributed by atoms with Crippen LogP contribution in [-0.4, -0.2) is 19.3 Å². The lowest BCUT2D eigenvalue weighted by molar-refractivity contribution is 0.101. The standard InChI is InChI=1S/C15H24ClNOS/c1-2-10-17-13(14-8-9-15(16)19-14)7-3-5-12-6-4-11-18-12/h8-9,12-13,17H,2-7,10-11H2,1H3. The van der Waals surface area contributed by atoms with Crippen LogP contribution in [0.4, 0.5) is 0 Å². The number of halogens is 1. The Kier molecular flexibility index (Phi) is 6.65. The molecule has 0 aromatic carbocycles. The van der Waals surface area contributed by atoms with E-state index < -0.39 is 0 Å². The van der Waals surface area contributed by atoms with E-state index in [1.807, 2.05) is 6.07 Å². The second-order valence-corrected chi connectivity index (χ2v) is 6.96. The molecule has 2 heterocycles. The molecule has 1 aliphatic rings. The van der Waals surface area contributed by atoms with Crippen LogP contribution in [0.2, 0.25) is 4.34 Å². The largest absolute Gasteiger partial charge is 0.378 e. The van der Waals surface area contributed by atoms with Crippen LogP contribution in [-0.2, 0) is 4.74 Å². The van der Waals surface area contributed by atoms with Crippen LogP contribution >= 0.6 is 22.9 Å². The lowest BCUT2D eigenvalue weighted by atomic mass is 10.0. The Bertz CT molecular complexity index is 363. The zero-order valence-corrected chi connectivity index (χ0v) is 13.2. The summed E-state index contributed by atoms with van der Waals surface area (Å²) < 4.78 is 6.57. The quantitative estimate of drug-likeness (QED) is 0.745. The third-order valence-corrected chi connectivity index (χ3v) is 4.97. The van der Waals surface area contributed by atoms with Gasteiger partial charge in [0.15, 0.2) is 0 Å². The van der Waals surface area contributed by atoms with Gasteiger partial charge in [0.05, 0.1) is 10.4 Å². The summed E-state index contributed by atoms with van der Waals surface area (Å²) in [6.07, 6.45) is 7.77. The van der Waals surface area contributed by atoms with Crippen LogP contribution in [0, 0.1) is 0 Å². The third kappa shape index (κ3) is 5.07. The average molecular weight is 302 g/mol. The zero-order chi connectivity index (χ0) is 13.5. The maximum absolute atomic E-state index is 6.05. The summed E-state index contributed by atoms with van der Waals surface area (Å²) in [5.41, 5.74) is 0. The Morgan fingerprint density at radius 3 is 3.05 bits per heavy atom. The number of hydrogen-bond donors (Lipinski definition) is 1. The number of nitrogens with one attached hydrogen (secondary N) is 1. The molecule has 0 amide bonds. The molecule has 1 N–H and O–H groups in total. The van der Waals surface area contributed by atoms with Gasteiger partial charge in [-0.05, 0) is 57.2 Å². The van der Waals surface area contributed by atoms with Crippen molar-refractivity contribution in [1.82, 2.24) is 5.32 Å². The van der Waals surface area contributed by atoms with Gasteiger partial charge in [-0.3, -0.25) is 0 Å². The van der Waals surface area contributed by atoms with E-state index in [9.17, 15) is 0 Å². The number of rotatable bonds is 8. The van der Waals surface area contributed by atoms with Gasteiger partial charge in [0.1, 0.15) is 0 Å². The first-order valence-corrected chi connectivity index (χ1v) is 8.59.